The van der Waals surface area contributed by atoms with Crippen LogP contribution in [0.4, 0.5) is 0 Å². The predicted octanol–water partition coefficient (Wildman–Crippen LogP) is 3.63. The number of hydrogen-bond donors (Lipinski definition) is 1. The third-order valence-electron chi connectivity index (χ3n) is 3.06. The summed E-state index contributed by atoms with van der Waals surface area (Å²) in [5.41, 5.74) is 0. The van der Waals surface area contributed by atoms with Gasteiger partial charge in [-0.15, -0.1) is 0 Å². The highest BCUT2D eigenvalue weighted by molar-refractivity contribution is 7.80. The average molecular weight is 264 g/mol. The Kier molecular flexibility index (Phi) is 10.3. The van der Waals surface area contributed by atoms with Gasteiger partial charge in [-0.1, -0.05) is 39.0 Å². The first-order valence-corrected chi connectivity index (χ1v) is 6.99. The average Bonchev–Trinajstić information content (AvgIpc) is 2.36. The van der Waals surface area contributed by atoms with Crippen LogP contribution in [0.2, 0.25) is 0 Å². The first-order chi connectivity index (χ1) is 8.14. The molecule has 1 unspecified atom stereocenters. The molecule has 0 heterocycles. The van der Waals surface area contributed by atoms with Gasteiger partial charge in [0, 0.05) is 33.0 Å². The number of hydrogen-bond acceptors (Lipinski definition) is 4. The van der Waals surface area contributed by atoms with Crippen LogP contribution in [-0.4, -0.2) is 32.6 Å². The number of thiol groups is 1. The Labute approximate surface area is 112 Å². The molecule has 0 N–H and O–H groups in total. The standard InChI is InChI=1S/C13H28O3S/c1-5-6-7-8-9-10-12(17)11-13(14-2,15-3)16-4/h12,17H,5-11H2,1-4H3. The molecular formula is C13H28O3S. The number of methoxy groups -OCH3 is 3. The molecule has 3 nitrogen and oxygen atoms in total. The van der Waals surface area contributed by atoms with Crippen molar-refractivity contribution >= 4 is 12.6 Å². The van der Waals surface area contributed by atoms with Crippen LogP contribution in [0.15, 0.2) is 0 Å². The molecule has 0 bridgehead atoms. The zero-order valence-electron chi connectivity index (χ0n) is 11.7. The first-order valence-electron chi connectivity index (χ1n) is 6.47. The Morgan fingerprint density at radius 2 is 1.47 bits per heavy atom. The lowest BCUT2D eigenvalue weighted by Crippen LogP contribution is -2.38. The summed E-state index contributed by atoms with van der Waals surface area (Å²) in [6, 6.07) is 0. The first kappa shape index (κ1) is 17.2. The van der Waals surface area contributed by atoms with Crippen LogP contribution >= 0.6 is 12.6 Å². The fourth-order valence-corrected chi connectivity index (χ4v) is 2.28. The number of ether oxygens (including phenoxy) is 3. The van der Waals surface area contributed by atoms with Gasteiger partial charge in [-0.05, 0) is 6.42 Å². The maximum absolute atomic E-state index is 5.26. The van der Waals surface area contributed by atoms with E-state index < -0.39 is 5.97 Å². The van der Waals surface area contributed by atoms with Gasteiger partial charge in [0.05, 0.1) is 0 Å². The molecule has 0 aliphatic heterocycles. The molecule has 0 rings (SSSR count). The minimum atomic E-state index is -0.935. The zero-order chi connectivity index (χ0) is 13.1. The normalized spacial score (nSPS) is 13.9. The van der Waals surface area contributed by atoms with Gasteiger partial charge >= 0.3 is 0 Å². The molecule has 0 saturated heterocycles. The van der Waals surface area contributed by atoms with Crippen molar-refractivity contribution in [2.45, 2.75) is 63.1 Å². The molecule has 0 radical (unpaired) electrons. The van der Waals surface area contributed by atoms with Crippen LogP contribution in [0.5, 0.6) is 0 Å². The molecule has 0 aromatic rings. The smallest absolute Gasteiger partial charge is 0.283 e. The second-order valence-electron chi connectivity index (χ2n) is 4.36. The molecule has 0 spiro atoms. The SMILES string of the molecule is CCCCCCCC(S)CC(OC)(OC)OC. The largest absolute Gasteiger partial charge is 0.331 e. The quantitative estimate of drug-likeness (QED) is 0.351. The maximum atomic E-state index is 5.26. The molecule has 0 aliphatic carbocycles. The fraction of sp³-hybridized carbons (Fsp3) is 1.00. The molecule has 0 aromatic heterocycles. The highest BCUT2D eigenvalue weighted by atomic mass is 32.1. The Bertz CT molecular complexity index is 164. The van der Waals surface area contributed by atoms with Crippen molar-refractivity contribution in [1.29, 1.82) is 0 Å². The van der Waals surface area contributed by atoms with Gasteiger partial charge in [0.15, 0.2) is 0 Å². The van der Waals surface area contributed by atoms with Crippen molar-refractivity contribution in [2.24, 2.45) is 0 Å². The van der Waals surface area contributed by atoms with Crippen LogP contribution in [0, 0.1) is 0 Å². The number of unbranched alkanes of at least 4 members (excludes halogenated alkanes) is 4. The van der Waals surface area contributed by atoms with Crippen molar-refractivity contribution < 1.29 is 14.2 Å². The van der Waals surface area contributed by atoms with E-state index in [-0.39, 0.29) is 5.25 Å². The molecule has 0 aromatic carbocycles. The summed E-state index contributed by atoms with van der Waals surface area (Å²) in [5.74, 6) is -0.935. The predicted molar refractivity (Wildman–Crippen MR) is 74.5 cm³/mol. The molecule has 0 amide bonds. The van der Waals surface area contributed by atoms with Crippen molar-refractivity contribution in [3.8, 4) is 0 Å². The molecule has 0 fully saturated rings. The van der Waals surface area contributed by atoms with Crippen LogP contribution < -0.4 is 0 Å². The van der Waals surface area contributed by atoms with Gasteiger partial charge in [-0.2, -0.15) is 12.6 Å². The second kappa shape index (κ2) is 10.2. The highest BCUT2D eigenvalue weighted by Crippen LogP contribution is 2.25. The lowest BCUT2D eigenvalue weighted by Gasteiger charge is -2.30. The van der Waals surface area contributed by atoms with Gasteiger partial charge in [-0.3, -0.25) is 0 Å². The summed E-state index contributed by atoms with van der Waals surface area (Å²) in [6.07, 6.45) is 8.14. The Morgan fingerprint density at radius 3 is 1.94 bits per heavy atom. The van der Waals surface area contributed by atoms with E-state index in [2.05, 4.69) is 19.6 Å². The van der Waals surface area contributed by atoms with Gasteiger partial charge in [0.2, 0.25) is 0 Å². The van der Waals surface area contributed by atoms with Crippen molar-refractivity contribution in [3.05, 3.63) is 0 Å². The van der Waals surface area contributed by atoms with Crippen LogP contribution in [-0.2, 0) is 14.2 Å². The van der Waals surface area contributed by atoms with Crippen LogP contribution in [0.1, 0.15) is 51.9 Å². The second-order valence-corrected chi connectivity index (χ2v) is 5.09. The van der Waals surface area contributed by atoms with E-state index >= 15 is 0 Å². The third-order valence-corrected chi connectivity index (χ3v) is 3.50. The minimum Gasteiger partial charge on any atom is -0.331 e. The van der Waals surface area contributed by atoms with E-state index in [9.17, 15) is 0 Å². The van der Waals surface area contributed by atoms with Gasteiger partial charge in [-0.25, -0.2) is 0 Å². The lowest BCUT2D eigenvalue weighted by atomic mass is 10.1. The van der Waals surface area contributed by atoms with Crippen molar-refractivity contribution in [3.63, 3.8) is 0 Å². The monoisotopic (exact) mass is 264 g/mol. The van der Waals surface area contributed by atoms with Gasteiger partial charge in [0.1, 0.15) is 0 Å². The van der Waals surface area contributed by atoms with Crippen LogP contribution in [0.3, 0.4) is 0 Å². The fourth-order valence-electron chi connectivity index (χ4n) is 1.87. The summed E-state index contributed by atoms with van der Waals surface area (Å²) in [6.45, 7) is 2.23. The zero-order valence-corrected chi connectivity index (χ0v) is 12.6. The van der Waals surface area contributed by atoms with Gasteiger partial charge in [0.25, 0.3) is 5.97 Å². The maximum Gasteiger partial charge on any atom is 0.283 e. The van der Waals surface area contributed by atoms with Gasteiger partial charge < -0.3 is 14.2 Å². The molecule has 0 saturated carbocycles. The van der Waals surface area contributed by atoms with E-state index in [0.29, 0.717) is 6.42 Å². The minimum absolute atomic E-state index is 0.247. The van der Waals surface area contributed by atoms with E-state index in [0.717, 1.165) is 6.42 Å². The Hall–Kier alpha value is 0.230. The lowest BCUT2D eigenvalue weighted by molar-refractivity contribution is -0.354. The summed E-state index contributed by atoms with van der Waals surface area (Å²) in [7, 11) is 4.78. The molecular weight excluding hydrogens is 236 g/mol. The van der Waals surface area contributed by atoms with E-state index in [1.54, 1.807) is 21.3 Å². The van der Waals surface area contributed by atoms with E-state index in [1.807, 2.05) is 0 Å². The van der Waals surface area contributed by atoms with E-state index in [1.165, 1.54) is 32.1 Å². The Morgan fingerprint density at radius 1 is 0.941 bits per heavy atom. The number of rotatable bonds is 11. The van der Waals surface area contributed by atoms with Crippen molar-refractivity contribution in [2.75, 3.05) is 21.3 Å². The summed E-state index contributed by atoms with van der Waals surface area (Å²) in [5, 5.41) is 0.247. The molecule has 1 atom stereocenters. The van der Waals surface area contributed by atoms with E-state index in [4.69, 9.17) is 14.2 Å². The highest BCUT2D eigenvalue weighted by Gasteiger charge is 2.31. The molecule has 104 valence electrons. The molecule has 0 aliphatic rings. The Balaban J connectivity index is 3.79. The topological polar surface area (TPSA) is 27.7 Å². The summed E-state index contributed by atoms with van der Waals surface area (Å²) < 4.78 is 15.8. The molecule has 17 heavy (non-hydrogen) atoms. The molecule has 4 heteroatoms. The third kappa shape index (κ3) is 7.29. The van der Waals surface area contributed by atoms with Crippen molar-refractivity contribution in [1.82, 2.24) is 0 Å². The summed E-state index contributed by atoms with van der Waals surface area (Å²) in [4.78, 5) is 0. The summed E-state index contributed by atoms with van der Waals surface area (Å²) >= 11 is 4.57. The van der Waals surface area contributed by atoms with Crippen LogP contribution in [0.25, 0.3) is 0 Å².